The predicted molar refractivity (Wildman–Crippen MR) is 58.4 cm³/mol. The molecule has 13 heavy (non-hydrogen) atoms. The van der Waals surface area contributed by atoms with E-state index in [0.717, 1.165) is 0 Å². The van der Waals surface area contributed by atoms with Crippen LogP contribution >= 0.6 is 0 Å². The Morgan fingerprint density at radius 2 is 1.77 bits per heavy atom. The normalized spacial score (nSPS) is 9.23. The van der Waals surface area contributed by atoms with E-state index in [9.17, 15) is 0 Å². The molecule has 0 heterocycles. The van der Waals surface area contributed by atoms with Gasteiger partial charge < -0.3 is 0 Å². The Balaban J connectivity index is 2.16. The van der Waals surface area contributed by atoms with E-state index in [1.807, 2.05) is 12.1 Å². The van der Waals surface area contributed by atoms with E-state index < -0.39 is 0 Å². The molecule has 0 fully saturated rings. The van der Waals surface area contributed by atoms with Crippen LogP contribution in [-0.2, 0) is 0 Å². The average Bonchev–Trinajstić information content (AvgIpc) is 2.21. The van der Waals surface area contributed by atoms with Crippen molar-refractivity contribution in [2.45, 2.75) is 0 Å². The molecule has 2 aromatic rings. The number of hydrogen-bond acceptors (Lipinski definition) is 0. The van der Waals surface area contributed by atoms with E-state index in [4.69, 9.17) is 0 Å². The number of rotatable bonds is 2. The van der Waals surface area contributed by atoms with E-state index in [0.29, 0.717) is 0 Å². The predicted octanol–water partition coefficient (Wildman–Crippen LogP) is 0.407. The molecule has 0 aliphatic rings. The van der Waals surface area contributed by atoms with Crippen LogP contribution in [0.25, 0.3) is 0 Å². The first-order valence-electron chi connectivity index (χ1n) is 4.36. The summed E-state index contributed by atoms with van der Waals surface area (Å²) in [5.41, 5.74) is 0. The molecule has 0 amide bonds. The minimum Gasteiger partial charge on any atom is -0.0716 e. The molecule has 62 valence electrons. The third kappa shape index (κ3) is 2.21. The Bertz CT molecular complexity index is 316. The summed E-state index contributed by atoms with van der Waals surface area (Å²) in [4.78, 5) is 0. The zero-order valence-corrected chi connectivity index (χ0v) is 8.74. The highest BCUT2D eigenvalue weighted by Gasteiger charge is 1.93. The van der Waals surface area contributed by atoms with Crippen molar-refractivity contribution in [2.24, 2.45) is 0 Å². The molecule has 0 N–H and O–H groups in total. The van der Waals surface area contributed by atoms with E-state index in [1.54, 1.807) is 0 Å². The van der Waals surface area contributed by atoms with Gasteiger partial charge in [0.2, 0.25) is 0 Å². The molecule has 0 aliphatic carbocycles. The molecule has 0 spiro atoms. The quantitative estimate of drug-likeness (QED) is 0.590. The van der Waals surface area contributed by atoms with E-state index in [1.165, 1.54) is 10.4 Å². The molecule has 1 heteroatoms. The Morgan fingerprint density at radius 1 is 0.923 bits per heavy atom. The van der Waals surface area contributed by atoms with Crippen LogP contribution < -0.4 is 10.4 Å². The largest absolute Gasteiger partial charge is 0.0982 e. The van der Waals surface area contributed by atoms with Gasteiger partial charge in [-0.25, -0.2) is 0 Å². The minimum atomic E-state index is -0.321. The van der Waals surface area contributed by atoms with Gasteiger partial charge in [-0.05, 0) is 11.3 Å². The van der Waals surface area contributed by atoms with Crippen LogP contribution in [0, 0.1) is 12.1 Å². The first-order valence-corrected chi connectivity index (χ1v) is 5.78. The van der Waals surface area contributed by atoms with Crippen molar-refractivity contribution in [1.82, 2.24) is 0 Å². The van der Waals surface area contributed by atoms with Crippen molar-refractivity contribution in [3.05, 3.63) is 60.7 Å². The fraction of sp³-hybridized carbons (Fsp3) is 0. The van der Waals surface area contributed by atoms with Gasteiger partial charge in [-0.15, -0.1) is 0 Å². The molecule has 0 unspecified atom stereocenters. The van der Waals surface area contributed by atoms with Gasteiger partial charge in [0.1, 0.15) is 0 Å². The standard InChI is InChI=1S/C12H10Si/c1-3-7-11(8-4-1)13-12-9-5-2-6-10-12/h1-5,7-9H,13H2. The van der Waals surface area contributed by atoms with Gasteiger partial charge >= 0.3 is 0 Å². The van der Waals surface area contributed by atoms with Gasteiger partial charge in [0.05, 0.1) is 9.52 Å². The van der Waals surface area contributed by atoms with Crippen molar-refractivity contribution in [2.75, 3.05) is 0 Å². The summed E-state index contributed by atoms with van der Waals surface area (Å²) in [5, 5.41) is 2.78. The Labute approximate surface area is 81.1 Å². The molecule has 0 radical (unpaired) electrons. The summed E-state index contributed by atoms with van der Waals surface area (Å²) < 4.78 is 0. The van der Waals surface area contributed by atoms with E-state index in [2.05, 4.69) is 48.5 Å². The zero-order chi connectivity index (χ0) is 8.93. The van der Waals surface area contributed by atoms with E-state index in [-0.39, 0.29) is 9.52 Å². The summed E-state index contributed by atoms with van der Waals surface area (Å²) >= 11 is 0. The lowest BCUT2D eigenvalue weighted by atomic mass is 10.4. The van der Waals surface area contributed by atoms with Gasteiger partial charge in [-0.3, -0.25) is 0 Å². The summed E-state index contributed by atoms with van der Waals surface area (Å²) in [6.07, 6.45) is 0. The second-order valence-corrected chi connectivity index (χ2v) is 4.91. The lowest BCUT2D eigenvalue weighted by Crippen LogP contribution is -2.25. The van der Waals surface area contributed by atoms with Crippen LogP contribution in [0.3, 0.4) is 0 Å². The topological polar surface area (TPSA) is 0 Å². The van der Waals surface area contributed by atoms with Crippen LogP contribution in [0.1, 0.15) is 0 Å². The number of benzene rings is 1. The maximum atomic E-state index is 3.15. The molecular formula is C12H10Si. The maximum Gasteiger partial charge on any atom is 0.0982 e. The zero-order valence-electron chi connectivity index (χ0n) is 7.33. The summed E-state index contributed by atoms with van der Waals surface area (Å²) in [5.74, 6) is 0. The minimum absolute atomic E-state index is 0.321. The molecule has 0 saturated carbocycles. The average molecular weight is 182 g/mol. The highest BCUT2D eigenvalue weighted by Crippen LogP contribution is 1.81. The van der Waals surface area contributed by atoms with Gasteiger partial charge in [-0.1, -0.05) is 59.8 Å². The van der Waals surface area contributed by atoms with Gasteiger partial charge in [-0.2, -0.15) is 0 Å². The van der Waals surface area contributed by atoms with Gasteiger partial charge in [0.25, 0.3) is 0 Å². The lowest BCUT2D eigenvalue weighted by Gasteiger charge is -1.96. The van der Waals surface area contributed by atoms with Crippen LogP contribution in [0.4, 0.5) is 0 Å². The van der Waals surface area contributed by atoms with Gasteiger partial charge in [0.15, 0.2) is 0 Å². The molecule has 0 nitrogen and oxygen atoms in total. The molecule has 2 aromatic carbocycles. The highest BCUT2D eigenvalue weighted by molar-refractivity contribution is 6.67. The fourth-order valence-electron chi connectivity index (χ4n) is 1.31. The smallest absolute Gasteiger partial charge is 0.0716 e. The third-order valence-corrected chi connectivity index (χ3v) is 3.62. The first kappa shape index (κ1) is 8.09. The summed E-state index contributed by atoms with van der Waals surface area (Å²) in [6, 6.07) is 22.8. The molecule has 2 rings (SSSR count). The van der Waals surface area contributed by atoms with Crippen LogP contribution in [-0.4, -0.2) is 9.52 Å². The maximum absolute atomic E-state index is 3.15. The SMILES string of the molecule is c1cccc([SiH2]c2ccccc2)c#1. The Hall–Kier alpha value is -1.52. The third-order valence-electron chi connectivity index (χ3n) is 1.95. The first-order chi connectivity index (χ1) is 6.45. The van der Waals surface area contributed by atoms with Crippen molar-refractivity contribution in [3.8, 4) is 0 Å². The summed E-state index contributed by atoms with van der Waals surface area (Å²) in [6.45, 7) is 0. The van der Waals surface area contributed by atoms with Crippen molar-refractivity contribution < 1.29 is 0 Å². The molecule has 0 atom stereocenters. The molecule has 0 bridgehead atoms. The molecular weight excluding hydrogens is 172 g/mol. The molecule has 0 saturated heterocycles. The van der Waals surface area contributed by atoms with Crippen LogP contribution in [0.2, 0.25) is 0 Å². The van der Waals surface area contributed by atoms with Crippen LogP contribution in [0.15, 0.2) is 48.5 Å². The lowest BCUT2D eigenvalue weighted by molar-refractivity contribution is 1.76. The number of hydrogen-bond donors (Lipinski definition) is 0. The van der Waals surface area contributed by atoms with E-state index >= 15 is 0 Å². The fourth-order valence-corrected chi connectivity index (χ4v) is 2.70. The summed E-state index contributed by atoms with van der Waals surface area (Å²) in [7, 11) is -0.321. The second-order valence-electron chi connectivity index (χ2n) is 2.98. The van der Waals surface area contributed by atoms with Crippen molar-refractivity contribution in [1.29, 1.82) is 0 Å². The Kier molecular flexibility index (Phi) is 2.45. The monoisotopic (exact) mass is 182 g/mol. The molecule has 0 aromatic heterocycles. The Morgan fingerprint density at radius 3 is 2.46 bits per heavy atom. The van der Waals surface area contributed by atoms with Crippen LogP contribution in [0.5, 0.6) is 0 Å². The molecule has 0 aliphatic heterocycles. The second kappa shape index (κ2) is 3.93. The van der Waals surface area contributed by atoms with Crippen molar-refractivity contribution >= 4 is 19.9 Å². The van der Waals surface area contributed by atoms with Gasteiger partial charge in [0, 0.05) is 0 Å². The highest BCUT2D eigenvalue weighted by atomic mass is 28.2. The van der Waals surface area contributed by atoms with Crippen molar-refractivity contribution in [3.63, 3.8) is 0 Å².